The minimum atomic E-state index is -0.0850. The maximum atomic E-state index is 6.10. The molecule has 1 aromatic heterocycles. The molecule has 0 aromatic carbocycles. The molecule has 0 N–H and O–H groups in total. The summed E-state index contributed by atoms with van der Waals surface area (Å²) in [5.41, 5.74) is -0.0850. The van der Waals surface area contributed by atoms with Crippen molar-refractivity contribution in [1.82, 2.24) is 9.97 Å². The Bertz CT molecular complexity index is 404. The van der Waals surface area contributed by atoms with Gasteiger partial charge in [-0.25, -0.2) is 9.97 Å². The van der Waals surface area contributed by atoms with Crippen LogP contribution >= 0.6 is 0 Å². The van der Waals surface area contributed by atoms with Crippen LogP contribution in [0.5, 0.6) is 0 Å². The fourth-order valence-electron chi connectivity index (χ4n) is 3.24. The van der Waals surface area contributed by atoms with E-state index in [1.54, 1.807) is 19.5 Å². The van der Waals surface area contributed by atoms with E-state index < -0.39 is 0 Å². The van der Waals surface area contributed by atoms with E-state index in [0.717, 1.165) is 51.3 Å². The molecule has 1 spiro atoms. The molecule has 1 atom stereocenters. The fraction of sp³-hybridized carbons (Fsp3) is 0.714. The lowest BCUT2D eigenvalue weighted by Crippen LogP contribution is -2.56. The first-order chi connectivity index (χ1) is 9.34. The maximum absolute atomic E-state index is 6.10. The van der Waals surface area contributed by atoms with Gasteiger partial charge in [-0.2, -0.15) is 0 Å². The zero-order chi connectivity index (χ0) is 13.1. The van der Waals surface area contributed by atoms with Crippen molar-refractivity contribution in [1.29, 1.82) is 0 Å². The zero-order valence-corrected chi connectivity index (χ0v) is 11.4. The number of anilines is 1. The van der Waals surface area contributed by atoms with E-state index >= 15 is 0 Å². The summed E-state index contributed by atoms with van der Waals surface area (Å²) in [6, 6.07) is 1.85. The average molecular weight is 263 g/mol. The smallest absolute Gasteiger partial charge is 0.225 e. The van der Waals surface area contributed by atoms with Gasteiger partial charge in [0.1, 0.15) is 0 Å². The molecule has 5 heteroatoms. The Labute approximate surface area is 113 Å². The lowest BCUT2D eigenvalue weighted by Gasteiger charge is -2.47. The van der Waals surface area contributed by atoms with Crippen LogP contribution in [0.4, 0.5) is 5.95 Å². The highest BCUT2D eigenvalue weighted by atomic mass is 16.5. The number of aromatic nitrogens is 2. The van der Waals surface area contributed by atoms with Crippen molar-refractivity contribution in [3.63, 3.8) is 0 Å². The minimum absolute atomic E-state index is 0.0850. The van der Waals surface area contributed by atoms with Crippen LogP contribution in [0.15, 0.2) is 18.5 Å². The van der Waals surface area contributed by atoms with Crippen molar-refractivity contribution in [2.45, 2.75) is 37.4 Å². The second kappa shape index (κ2) is 5.43. The maximum Gasteiger partial charge on any atom is 0.225 e. The number of methoxy groups -OCH3 is 1. The Morgan fingerprint density at radius 3 is 2.74 bits per heavy atom. The first-order valence-corrected chi connectivity index (χ1v) is 7.03. The van der Waals surface area contributed by atoms with E-state index in [2.05, 4.69) is 14.9 Å². The van der Waals surface area contributed by atoms with Gasteiger partial charge in [-0.3, -0.25) is 0 Å². The molecule has 3 heterocycles. The molecule has 19 heavy (non-hydrogen) atoms. The van der Waals surface area contributed by atoms with E-state index in [-0.39, 0.29) is 11.7 Å². The van der Waals surface area contributed by atoms with Crippen LogP contribution in [0.25, 0.3) is 0 Å². The Balaban J connectivity index is 1.68. The molecule has 104 valence electrons. The van der Waals surface area contributed by atoms with Gasteiger partial charge in [-0.15, -0.1) is 0 Å². The van der Waals surface area contributed by atoms with E-state index in [4.69, 9.17) is 9.47 Å². The number of hydrogen-bond acceptors (Lipinski definition) is 5. The predicted molar refractivity (Wildman–Crippen MR) is 72.2 cm³/mol. The van der Waals surface area contributed by atoms with E-state index in [1.165, 1.54) is 0 Å². The Hall–Kier alpha value is -1.20. The number of rotatable bonds is 2. The molecule has 2 aliphatic heterocycles. The third-order valence-corrected chi connectivity index (χ3v) is 4.32. The Morgan fingerprint density at radius 2 is 2.05 bits per heavy atom. The lowest BCUT2D eigenvalue weighted by molar-refractivity contribution is -0.175. The van der Waals surface area contributed by atoms with Crippen molar-refractivity contribution in [3.05, 3.63) is 18.5 Å². The summed E-state index contributed by atoms with van der Waals surface area (Å²) in [4.78, 5) is 10.9. The molecule has 0 radical (unpaired) electrons. The van der Waals surface area contributed by atoms with Crippen molar-refractivity contribution >= 4 is 5.95 Å². The van der Waals surface area contributed by atoms with Crippen molar-refractivity contribution in [2.75, 3.05) is 31.7 Å². The number of nitrogens with zero attached hydrogens (tertiary/aromatic N) is 3. The SMILES string of the molecule is COC1CCCOC12CCN(c1ncccn1)CC2. The third kappa shape index (κ3) is 2.44. The second-order valence-electron chi connectivity index (χ2n) is 5.32. The van der Waals surface area contributed by atoms with Crippen LogP contribution in [0, 0.1) is 0 Å². The van der Waals surface area contributed by atoms with Gasteiger partial charge in [0.2, 0.25) is 5.95 Å². The van der Waals surface area contributed by atoms with Crippen LogP contribution in [0.1, 0.15) is 25.7 Å². The van der Waals surface area contributed by atoms with Gasteiger partial charge in [0, 0.05) is 39.2 Å². The third-order valence-electron chi connectivity index (χ3n) is 4.32. The quantitative estimate of drug-likeness (QED) is 0.812. The molecule has 0 bridgehead atoms. The van der Waals surface area contributed by atoms with Crippen LogP contribution < -0.4 is 4.90 Å². The summed E-state index contributed by atoms with van der Waals surface area (Å²) < 4.78 is 11.8. The van der Waals surface area contributed by atoms with Crippen molar-refractivity contribution in [2.24, 2.45) is 0 Å². The van der Waals surface area contributed by atoms with Gasteiger partial charge in [0.15, 0.2) is 0 Å². The highest BCUT2D eigenvalue weighted by Gasteiger charge is 2.45. The molecule has 1 aromatic rings. The minimum Gasteiger partial charge on any atom is -0.378 e. The summed E-state index contributed by atoms with van der Waals surface area (Å²) in [5.74, 6) is 0.821. The van der Waals surface area contributed by atoms with Gasteiger partial charge in [0.25, 0.3) is 0 Å². The molecule has 2 fully saturated rings. The zero-order valence-electron chi connectivity index (χ0n) is 11.4. The van der Waals surface area contributed by atoms with Gasteiger partial charge >= 0.3 is 0 Å². The predicted octanol–water partition coefficient (Wildman–Crippen LogP) is 1.64. The van der Waals surface area contributed by atoms with E-state index in [9.17, 15) is 0 Å². The number of piperidine rings is 1. The van der Waals surface area contributed by atoms with Gasteiger partial charge in [0.05, 0.1) is 11.7 Å². The number of hydrogen-bond donors (Lipinski definition) is 0. The topological polar surface area (TPSA) is 47.5 Å². The monoisotopic (exact) mass is 263 g/mol. The molecule has 1 unspecified atom stereocenters. The Morgan fingerprint density at radius 1 is 1.32 bits per heavy atom. The molecule has 0 amide bonds. The van der Waals surface area contributed by atoms with Crippen LogP contribution in [0.3, 0.4) is 0 Å². The first kappa shape index (κ1) is 12.8. The molecule has 0 saturated carbocycles. The molecule has 2 saturated heterocycles. The summed E-state index contributed by atoms with van der Waals surface area (Å²) >= 11 is 0. The highest BCUT2D eigenvalue weighted by Crippen LogP contribution is 2.37. The van der Waals surface area contributed by atoms with Crippen molar-refractivity contribution in [3.8, 4) is 0 Å². The van der Waals surface area contributed by atoms with Crippen LogP contribution in [-0.4, -0.2) is 48.5 Å². The Kier molecular flexibility index (Phi) is 3.66. The number of ether oxygens (including phenoxy) is 2. The molecular weight excluding hydrogens is 242 g/mol. The van der Waals surface area contributed by atoms with Crippen LogP contribution in [-0.2, 0) is 9.47 Å². The van der Waals surface area contributed by atoms with Gasteiger partial charge < -0.3 is 14.4 Å². The summed E-state index contributed by atoms with van der Waals surface area (Å²) in [6.45, 7) is 2.73. The normalized spacial score (nSPS) is 26.6. The van der Waals surface area contributed by atoms with Gasteiger partial charge in [-0.1, -0.05) is 0 Å². The standard InChI is InChI=1S/C14H21N3O2/c1-18-12-4-2-11-19-14(12)5-9-17(10-6-14)13-15-7-3-8-16-13/h3,7-8,12H,2,4-6,9-11H2,1H3. The van der Waals surface area contributed by atoms with E-state index in [1.807, 2.05) is 6.07 Å². The van der Waals surface area contributed by atoms with Crippen LogP contribution in [0.2, 0.25) is 0 Å². The first-order valence-electron chi connectivity index (χ1n) is 7.03. The molecule has 0 aliphatic carbocycles. The summed E-state index contributed by atoms with van der Waals surface area (Å²) in [6.07, 6.45) is 8.02. The van der Waals surface area contributed by atoms with E-state index in [0.29, 0.717) is 0 Å². The second-order valence-corrected chi connectivity index (χ2v) is 5.32. The summed E-state index contributed by atoms with van der Waals surface area (Å²) in [5, 5.41) is 0. The fourth-order valence-corrected chi connectivity index (χ4v) is 3.24. The average Bonchev–Trinajstić information content (AvgIpc) is 2.49. The summed E-state index contributed by atoms with van der Waals surface area (Å²) in [7, 11) is 1.80. The molecule has 2 aliphatic rings. The largest absolute Gasteiger partial charge is 0.378 e. The van der Waals surface area contributed by atoms with Gasteiger partial charge in [-0.05, 0) is 31.7 Å². The molecule has 5 nitrogen and oxygen atoms in total. The molecule has 3 rings (SSSR count). The molecular formula is C14H21N3O2. The lowest BCUT2D eigenvalue weighted by atomic mass is 9.82. The van der Waals surface area contributed by atoms with Crippen molar-refractivity contribution < 1.29 is 9.47 Å². The highest BCUT2D eigenvalue weighted by molar-refractivity contribution is 5.30.